The largest absolute Gasteiger partial charge is 0.493 e. The van der Waals surface area contributed by atoms with Crippen LogP contribution in [0.2, 0.25) is 18.1 Å². The van der Waals surface area contributed by atoms with Gasteiger partial charge in [-0.25, -0.2) is 0 Å². The Labute approximate surface area is 269 Å². The molecule has 0 bridgehead atoms. The van der Waals surface area contributed by atoms with Crippen molar-refractivity contribution in [3.63, 3.8) is 0 Å². The van der Waals surface area contributed by atoms with E-state index in [4.69, 9.17) is 34.5 Å². The number of terminal acetylenes is 1. The van der Waals surface area contributed by atoms with Crippen LogP contribution in [0, 0.1) is 24.2 Å². The highest BCUT2D eigenvalue weighted by atomic mass is 79.9. The molecule has 1 aromatic rings. The normalized spacial score (nSPS) is 29.6. The van der Waals surface area contributed by atoms with E-state index in [0.717, 1.165) is 76.1 Å². The Morgan fingerprint density at radius 1 is 1.05 bits per heavy atom. The van der Waals surface area contributed by atoms with Crippen molar-refractivity contribution in [2.45, 2.75) is 126 Å². The van der Waals surface area contributed by atoms with Crippen LogP contribution in [0.5, 0.6) is 5.75 Å². The predicted molar refractivity (Wildman–Crippen MR) is 178 cm³/mol. The molecule has 0 spiro atoms. The standard InChI is InChI=1S/C35H53BrO6Si/c1-7-26(36)24-28-30(42-43(5,6)35(2,3)4)25-31(41-33-20-12-14-22-39-33)34(28)29(40-32-19-11-13-21-38-32)18-15-23-37-27-16-9-8-10-17-27/h1,8-10,16-18,26,28,30-34H,11-15,19-25H2,2-6H3/t26-,28+,30+,31-,32?,33?,34+/m0/s1. The van der Waals surface area contributed by atoms with Gasteiger partial charge in [-0.1, -0.05) is 60.8 Å². The number of para-hydroxylation sites is 1. The SMILES string of the molecule is C#C[C@H](Br)C[C@H]1[C@H](C(=CCCOc2ccccc2)OC2CCCCO2)[C@@H](OC2CCCCO2)C[C@H]1O[Si](C)(C)C(C)(C)C. The van der Waals surface area contributed by atoms with Gasteiger partial charge in [0.25, 0.3) is 0 Å². The average Bonchev–Trinajstić information content (AvgIpc) is 3.30. The second-order valence-electron chi connectivity index (χ2n) is 13.7. The molecular formula is C35H53BrO6Si. The molecule has 1 aliphatic carbocycles. The Kier molecular flexibility index (Phi) is 13.1. The summed E-state index contributed by atoms with van der Waals surface area (Å²) in [6.45, 7) is 13.5. The first-order chi connectivity index (χ1) is 20.6. The summed E-state index contributed by atoms with van der Waals surface area (Å²) in [5.74, 6) is 4.75. The van der Waals surface area contributed by atoms with Crippen molar-refractivity contribution in [1.82, 2.24) is 0 Å². The zero-order chi connectivity index (χ0) is 30.9. The zero-order valence-corrected chi connectivity index (χ0v) is 29.5. The van der Waals surface area contributed by atoms with Crippen LogP contribution in [0.3, 0.4) is 0 Å². The molecule has 0 amide bonds. The molecule has 3 aliphatic rings. The van der Waals surface area contributed by atoms with Crippen molar-refractivity contribution in [3.8, 4) is 18.1 Å². The van der Waals surface area contributed by atoms with E-state index in [1.807, 2.05) is 30.3 Å². The molecule has 3 fully saturated rings. The van der Waals surface area contributed by atoms with Crippen LogP contribution in [0.25, 0.3) is 0 Å². The third-order valence-corrected chi connectivity index (χ3v) is 14.5. The number of ether oxygens (including phenoxy) is 5. The quantitative estimate of drug-likeness (QED) is 0.0686. The van der Waals surface area contributed by atoms with Gasteiger partial charge in [0.1, 0.15) is 11.5 Å². The molecule has 2 saturated heterocycles. The molecular weight excluding hydrogens is 624 g/mol. The topological polar surface area (TPSA) is 55.4 Å². The fourth-order valence-corrected chi connectivity index (χ4v) is 7.83. The monoisotopic (exact) mass is 676 g/mol. The predicted octanol–water partition coefficient (Wildman–Crippen LogP) is 8.61. The minimum atomic E-state index is -2.09. The molecule has 8 heteroatoms. The van der Waals surface area contributed by atoms with Gasteiger partial charge in [0.05, 0.1) is 30.2 Å². The van der Waals surface area contributed by atoms with Gasteiger partial charge in [0, 0.05) is 25.4 Å². The summed E-state index contributed by atoms with van der Waals surface area (Å²) in [6, 6.07) is 9.94. The van der Waals surface area contributed by atoms with Gasteiger partial charge in [-0.15, -0.1) is 6.42 Å². The molecule has 1 saturated carbocycles. The minimum absolute atomic E-state index is 0.00674. The smallest absolute Gasteiger partial charge is 0.199 e. The molecule has 2 heterocycles. The second-order valence-corrected chi connectivity index (χ2v) is 19.5. The third-order valence-electron chi connectivity index (χ3n) is 9.39. The first-order valence-corrected chi connectivity index (χ1v) is 20.1. The van der Waals surface area contributed by atoms with Gasteiger partial charge in [0.15, 0.2) is 20.9 Å². The molecule has 0 radical (unpaired) electrons. The van der Waals surface area contributed by atoms with E-state index in [0.29, 0.717) is 13.0 Å². The van der Waals surface area contributed by atoms with E-state index in [1.54, 1.807) is 0 Å². The van der Waals surface area contributed by atoms with Gasteiger partial charge in [0.2, 0.25) is 0 Å². The number of hydrogen-bond donors (Lipinski definition) is 0. The molecule has 6 nitrogen and oxygen atoms in total. The highest BCUT2D eigenvalue weighted by Crippen LogP contribution is 2.48. The summed E-state index contributed by atoms with van der Waals surface area (Å²) in [4.78, 5) is -0.0798. The fraction of sp³-hybridized carbons (Fsp3) is 0.714. The van der Waals surface area contributed by atoms with E-state index in [9.17, 15) is 0 Å². The highest BCUT2D eigenvalue weighted by Gasteiger charge is 2.52. The van der Waals surface area contributed by atoms with Crippen molar-refractivity contribution in [2.75, 3.05) is 19.8 Å². The first kappa shape index (κ1) is 34.5. The van der Waals surface area contributed by atoms with E-state index in [-0.39, 0.29) is 46.5 Å². The maximum absolute atomic E-state index is 7.18. The van der Waals surface area contributed by atoms with Crippen LogP contribution in [-0.4, -0.2) is 57.8 Å². The Hall–Kier alpha value is -1.34. The summed E-state index contributed by atoms with van der Waals surface area (Å²) in [5.41, 5.74) is 0. The summed E-state index contributed by atoms with van der Waals surface area (Å²) < 4.78 is 39.1. The van der Waals surface area contributed by atoms with Gasteiger partial charge >= 0.3 is 0 Å². The zero-order valence-electron chi connectivity index (χ0n) is 26.9. The summed E-state index contributed by atoms with van der Waals surface area (Å²) in [7, 11) is -2.09. The van der Waals surface area contributed by atoms with Crippen molar-refractivity contribution in [2.24, 2.45) is 11.8 Å². The summed E-state index contributed by atoms with van der Waals surface area (Å²) in [5, 5.41) is 0.0816. The van der Waals surface area contributed by atoms with Crippen LogP contribution in [0.4, 0.5) is 0 Å². The van der Waals surface area contributed by atoms with Crippen molar-refractivity contribution < 1.29 is 28.1 Å². The van der Waals surface area contributed by atoms with Crippen LogP contribution in [-0.2, 0) is 23.4 Å². The number of benzene rings is 1. The van der Waals surface area contributed by atoms with E-state index in [2.05, 4.69) is 61.8 Å². The lowest BCUT2D eigenvalue weighted by Gasteiger charge is -2.40. The van der Waals surface area contributed by atoms with Gasteiger partial charge in [-0.3, -0.25) is 0 Å². The molecule has 0 N–H and O–H groups in total. The fourth-order valence-electron chi connectivity index (χ4n) is 6.01. The highest BCUT2D eigenvalue weighted by molar-refractivity contribution is 9.09. The van der Waals surface area contributed by atoms with E-state index in [1.165, 1.54) is 0 Å². The lowest BCUT2D eigenvalue weighted by molar-refractivity contribution is -0.201. The maximum atomic E-state index is 7.18. The molecule has 1 aromatic carbocycles. The summed E-state index contributed by atoms with van der Waals surface area (Å²) >= 11 is 3.77. The van der Waals surface area contributed by atoms with Crippen molar-refractivity contribution >= 4 is 24.2 Å². The first-order valence-electron chi connectivity index (χ1n) is 16.3. The van der Waals surface area contributed by atoms with Crippen LogP contribution >= 0.6 is 15.9 Å². The van der Waals surface area contributed by atoms with Gasteiger partial charge in [-0.2, -0.15) is 0 Å². The Balaban J connectivity index is 1.66. The lowest BCUT2D eigenvalue weighted by atomic mass is 9.87. The molecule has 43 heavy (non-hydrogen) atoms. The molecule has 7 atom stereocenters. The summed E-state index contributed by atoms with van der Waals surface area (Å²) in [6.07, 6.45) is 15.9. The van der Waals surface area contributed by atoms with Crippen LogP contribution in [0.1, 0.15) is 78.6 Å². The lowest BCUT2D eigenvalue weighted by Crippen LogP contribution is -2.45. The van der Waals surface area contributed by atoms with E-state index >= 15 is 0 Å². The van der Waals surface area contributed by atoms with E-state index < -0.39 is 8.32 Å². The van der Waals surface area contributed by atoms with Crippen molar-refractivity contribution in [3.05, 3.63) is 42.2 Å². The molecule has 2 unspecified atom stereocenters. The van der Waals surface area contributed by atoms with Gasteiger partial charge < -0.3 is 28.1 Å². The number of hydrogen-bond acceptors (Lipinski definition) is 6. The van der Waals surface area contributed by atoms with Crippen LogP contribution in [0.15, 0.2) is 42.2 Å². The molecule has 0 aromatic heterocycles. The molecule has 2 aliphatic heterocycles. The van der Waals surface area contributed by atoms with Crippen molar-refractivity contribution in [1.29, 1.82) is 0 Å². The minimum Gasteiger partial charge on any atom is -0.493 e. The molecule has 240 valence electrons. The number of alkyl halides is 1. The second kappa shape index (κ2) is 16.3. The Bertz CT molecular complexity index is 1040. The van der Waals surface area contributed by atoms with Gasteiger partial charge in [-0.05, 0) is 87.2 Å². The van der Waals surface area contributed by atoms with Crippen LogP contribution < -0.4 is 4.74 Å². The average molecular weight is 678 g/mol. The Morgan fingerprint density at radius 2 is 1.72 bits per heavy atom. The Morgan fingerprint density at radius 3 is 2.33 bits per heavy atom. The number of halogens is 1. The third kappa shape index (κ3) is 10.1. The number of rotatable bonds is 13. The molecule has 4 rings (SSSR count). The maximum Gasteiger partial charge on any atom is 0.199 e.